The Balaban J connectivity index is 2.41. The Kier molecular flexibility index (Phi) is 4.53. The summed E-state index contributed by atoms with van der Waals surface area (Å²) in [6, 6.07) is 5.51. The lowest BCUT2D eigenvalue weighted by molar-refractivity contribution is 0.614. The summed E-state index contributed by atoms with van der Waals surface area (Å²) in [5.74, 6) is 0. The van der Waals surface area contributed by atoms with Gasteiger partial charge in [0.2, 0.25) is 0 Å². The normalized spacial score (nSPS) is 12.4. The highest BCUT2D eigenvalue weighted by atomic mass is 35.5. The van der Waals surface area contributed by atoms with Crippen LogP contribution < -0.4 is 5.32 Å². The van der Waals surface area contributed by atoms with Gasteiger partial charge in [0.25, 0.3) is 0 Å². The van der Waals surface area contributed by atoms with Crippen molar-refractivity contribution < 1.29 is 0 Å². The van der Waals surface area contributed by atoms with Crippen LogP contribution in [0.5, 0.6) is 0 Å². The zero-order valence-electron chi connectivity index (χ0n) is 9.90. The number of rotatable bonds is 4. The molecule has 2 aromatic rings. The quantitative estimate of drug-likeness (QED) is 0.932. The Morgan fingerprint density at radius 2 is 2.17 bits per heavy atom. The number of hydrogen-bond donors (Lipinski definition) is 1. The molecule has 0 amide bonds. The predicted octanol–water partition coefficient (Wildman–Crippen LogP) is 3.48. The van der Waals surface area contributed by atoms with E-state index in [4.69, 9.17) is 23.2 Å². The van der Waals surface area contributed by atoms with Gasteiger partial charge in [0, 0.05) is 18.6 Å². The van der Waals surface area contributed by atoms with Crippen molar-refractivity contribution in [2.75, 3.05) is 6.54 Å². The molecule has 0 fully saturated rings. The SMILES string of the molecule is CCNC(c1cccnc1)c1ncc(Cl)cc1Cl. The van der Waals surface area contributed by atoms with Crippen molar-refractivity contribution in [3.8, 4) is 0 Å². The third-order valence-corrected chi connectivity index (χ3v) is 3.05. The van der Waals surface area contributed by atoms with Crippen molar-refractivity contribution in [1.29, 1.82) is 0 Å². The third kappa shape index (κ3) is 2.99. The molecule has 0 aromatic carbocycles. The van der Waals surface area contributed by atoms with E-state index in [1.807, 2.05) is 19.1 Å². The Hall–Kier alpha value is -1.16. The van der Waals surface area contributed by atoms with Gasteiger partial charge in [-0.15, -0.1) is 0 Å². The molecule has 2 heterocycles. The van der Waals surface area contributed by atoms with Crippen LogP contribution in [0.4, 0.5) is 0 Å². The lowest BCUT2D eigenvalue weighted by Gasteiger charge is -2.18. The number of hydrogen-bond acceptors (Lipinski definition) is 3. The van der Waals surface area contributed by atoms with E-state index < -0.39 is 0 Å². The van der Waals surface area contributed by atoms with E-state index in [-0.39, 0.29) is 6.04 Å². The highest BCUT2D eigenvalue weighted by Gasteiger charge is 2.17. The Morgan fingerprint density at radius 1 is 1.33 bits per heavy atom. The third-order valence-electron chi connectivity index (χ3n) is 2.54. The van der Waals surface area contributed by atoms with Crippen molar-refractivity contribution >= 4 is 23.2 Å². The van der Waals surface area contributed by atoms with Crippen LogP contribution in [0.3, 0.4) is 0 Å². The van der Waals surface area contributed by atoms with Crippen LogP contribution in [-0.4, -0.2) is 16.5 Å². The Labute approximate surface area is 116 Å². The number of nitrogens with one attached hydrogen (secondary N) is 1. The molecule has 18 heavy (non-hydrogen) atoms. The molecule has 0 aliphatic carbocycles. The molecule has 0 radical (unpaired) electrons. The highest BCUT2D eigenvalue weighted by Crippen LogP contribution is 2.27. The second-order valence-corrected chi connectivity index (χ2v) is 4.64. The van der Waals surface area contributed by atoms with E-state index in [0.29, 0.717) is 10.0 Å². The van der Waals surface area contributed by atoms with E-state index in [1.54, 1.807) is 24.7 Å². The molecule has 0 saturated carbocycles. The maximum absolute atomic E-state index is 6.20. The average Bonchev–Trinajstić information content (AvgIpc) is 2.38. The van der Waals surface area contributed by atoms with Crippen molar-refractivity contribution in [2.24, 2.45) is 0 Å². The summed E-state index contributed by atoms with van der Waals surface area (Å²) in [5.41, 5.74) is 1.78. The lowest BCUT2D eigenvalue weighted by Crippen LogP contribution is -2.23. The van der Waals surface area contributed by atoms with E-state index >= 15 is 0 Å². The molecule has 0 saturated heterocycles. The molecule has 1 N–H and O–H groups in total. The zero-order valence-corrected chi connectivity index (χ0v) is 11.4. The van der Waals surface area contributed by atoms with Gasteiger partial charge in [0.15, 0.2) is 0 Å². The Morgan fingerprint density at radius 3 is 2.78 bits per heavy atom. The summed E-state index contributed by atoms with van der Waals surface area (Å²) in [6.45, 7) is 2.84. The molecule has 1 atom stereocenters. The molecular weight excluding hydrogens is 269 g/mol. The standard InChI is InChI=1S/C13H13Cl2N3/c1-2-17-12(9-4-3-5-16-7-9)13-11(15)6-10(14)8-18-13/h3-8,12,17H,2H2,1H3. The second-order valence-electron chi connectivity index (χ2n) is 3.80. The van der Waals surface area contributed by atoms with Crippen LogP contribution in [0, 0.1) is 0 Å². The van der Waals surface area contributed by atoms with Gasteiger partial charge in [-0.1, -0.05) is 36.2 Å². The Bertz CT molecular complexity index is 517. The minimum atomic E-state index is -0.0755. The van der Waals surface area contributed by atoms with Gasteiger partial charge in [-0.05, 0) is 24.2 Å². The van der Waals surface area contributed by atoms with Crippen molar-refractivity contribution in [3.63, 3.8) is 0 Å². The molecule has 94 valence electrons. The van der Waals surface area contributed by atoms with Gasteiger partial charge in [-0.25, -0.2) is 0 Å². The topological polar surface area (TPSA) is 37.8 Å². The fraction of sp³-hybridized carbons (Fsp3) is 0.231. The summed E-state index contributed by atoms with van der Waals surface area (Å²) in [6.07, 6.45) is 5.15. The maximum Gasteiger partial charge on any atom is 0.0806 e. The second kappa shape index (κ2) is 6.14. The minimum absolute atomic E-state index is 0.0755. The van der Waals surface area contributed by atoms with Gasteiger partial charge in [0.05, 0.1) is 21.8 Å². The molecule has 2 rings (SSSR count). The summed E-state index contributed by atoms with van der Waals surface area (Å²) in [4.78, 5) is 8.44. The monoisotopic (exact) mass is 281 g/mol. The first kappa shape index (κ1) is 13.3. The summed E-state index contributed by atoms with van der Waals surface area (Å²) in [5, 5.41) is 4.43. The fourth-order valence-corrected chi connectivity index (χ4v) is 2.25. The maximum atomic E-state index is 6.20. The molecule has 0 bridgehead atoms. The van der Waals surface area contributed by atoms with Gasteiger partial charge in [-0.3, -0.25) is 9.97 Å². The van der Waals surface area contributed by atoms with Crippen LogP contribution >= 0.6 is 23.2 Å². The smallest absolute Gasteiger partial charge is 0.0806 e. The van der Waals surface area contributed by atoms with Gasteiger partial charge < -0.3 is 5.32 Å². The zero-order chi connectivity index (χ0) is 13.0. The fourth-order valence-electron chi connectivity index (χ4n) is 1.76. The highest BCUT2D eigenvalue weighted by molar-refractivity contribution is 6.34. The first-order chi connectivity index (χ1) is 8.72. The first-order valence-corrected chi connectivity index (χ1v) is 6.42. The van der Waals surface area contributed by atoms with Crippen molar-refractivity contribution in [3.05, 3.63) is 58.1 Å². The number of pyridine rings is 2. The molecule has 5 heteroatoms. The van der Waals surface area contributed by atoms with E-state index in [2.05, 4.69) is 15.3 Å². The summed E-state index contributed by atoms with van der Waals surface area (Å²) >= 11 is 12.1. The minimum Gasteiger partial charge on any atom is -0.305 e. The molecule has 2 aromatic heterocycles. The van der Waals surface area contributed by atoms with E-state index in [0.717, 1.165) is 17.8 Å². The van der Waals surface area contributed by atoms with Crippen LogP contribution in [0.25, 0.3) is 0 Å². The van der Waals surface area contributed by atoms with Gasteiger partial charge in [0.1, 0.15) is 0 Å². The number of halogens is 2. The summed E-state index contributed by atoms with van der Waals surface area (Å²) < 4.78 is 0. The predicted molar refractivity (Wildman–Crippen MR) is 74.0 cm³/mol. The van der Waals surface area contributed by atoms with Crippen molar-refractivity contribution in [1.82, 2.24) is 15.3 Å². The molecule has 3 nitrogen and oxygen atoms in total. The molecule has 0 spiro atoms. The van der Waals surface area contributed by atoms with E-state index in [1.165, 1.54) is 0 Å². The number of aromatic nitrogens is 2. The number of nitrogens with zero attached hydrogens (tertiary/aromatic N) is 2. The molecule has 0 aliphatic heterocycles. The van der Waals surface area contributed by atoms with Crippen LogP contribution in [0.1, 0.15) is 24.2 Å². The van der Waals surface area contributed by atoms with Crippen LogP contribution in [0.15, 0.2) is 36.8 Å². The van der Waals surface area contributed by atoms with Crippen LogP contribution in [-0.2, 0) is 0 Å². The molecule has 0 aliphatic rings. The average molecular weight is 282 g/mol. The lowest BCUT2D eigenvalue weighted by atomic mass is 10.1. The van der Waals surface area contributed by atoms with Crippen molar-refractivity contribution in [2.45, 2.75) is 13.0 Å². The van der Waals surface area contributed by atoms with Gasteiger partial charge in [-0.2, -0.15) is 0 Å². The summed E-state index contributed by atoms with van der Waals surface area (Å²) in [7, 11) is 0. The van der Waals surface area contributed by atoms with Gasteiger partial charge >= 0.3 is 0 Å². The molecule has 1 unspecified atom stereocenters. The van der Waals surface area contributed by atoms with Crippen LogP contribution in [0.2, 0.25) is 10.0 Å². The first-order valence-electron chi connectivity index (χ1n) is 5.66. The largest absolute Gasteiger partial charge is 0.305 e. The van der Waals surface area contributed by atoms with E-state index in [9.17, 15) is 0 Å². The molecular formula is C13H13Cl2N3.